The van der Waals surface area contributed by atoms with Crippen LogP contribution in [0.25, 0.3) is 11.6 Å². The van der Waals surface area contributed by atoms with Gasteiger partial charge in [0.2, 0.25) is 6.41 Å². The van der Waals surface area contributed by atoms with E-state index in [2.05, 4.69) is 32.2 Å². The fraction of sp³-hybridized carbons (Fsp3) is 0.400. The molecule has 0 spiro atoms. The Kier molecular flexibility index (Phi) is 5.43. The number of benzene rings is 1. The van der Waals surface area contributed by atoms with Crippen molar-refractivity contribution in [2.24, 2.45) is 0 Å². The summed E-state index contributed by atoms with van der Waals surface area (Å²) in [6.07, 6.45) is 4.78. The van der Waals surface area contributed by atoms with Crippen LogP contribution in [0.5, 0.6) is 5.75 Å². The molecule has 1 aromatic carbocycles. The van der Waals surface area contributed by atoms with Gasteiger partial charge in [0, 0.05) is 0 Å². The van der Waals surface area contributed by atoms with Gasteiger partial charge in [0.1, 0.15) is 5.75 Å². The average Bonchev–Trinajstić information content (AvgIpc) is 2.39. The molecule has 1 amide bonds. The summed E-state index contributed by atoms with van der Waals surface area (Å²) in [4.78, 5) is 10.6. The van der Waals surface area contributed by atoms with Crippen molar-refractivity contribution in [3.05, 3.63) is 22.6 Å². The molecule has 0 radical (unpaired) electrons. The topological polar surface area (TPSA) is 38.3 Å². The Balaban J connectivity index is 3.63. The molecule has 18 heavy (non-hydrogen) atoms. The standard InChI is InChI=1S/C15H21NO2/c1-5-7-12-8-14(16-10-17)15(18-4)9-13(12)11(3)6-2/h7-10H,5-6H2,1-4H3,(H,16,17)/b12-7+,13-11+. The zero-order valence-corrected chi connectivity index (χ0v) is 11.5. The summed E-state index contributed by atoms with van der Waals surface area (Å²) in [5.74, 6) is 0.693. The van der Waals surface area contributed by atoms with E-state index in [-0.39, 0.29) is 0 Å². The van der Waals surface area contributed by atoms with Gasteiger partial charge in [-0.2, -0.15) is 0 Å². The normalized spacial score (nSPS) is 13.2. The number of amides is 1. The Labute approximate surface area is 108 Å². The van der Waals surface area contributed by atoms with Crippen LogP contribution in [0.1, 0.15) is 33.6 Å². The summed E-state index contributed by atoms with van der Waals surface area (Å²) in [6, 6.07) is 3.96. The van der Waals surface area contributed by atoms with Gasteiger partial charge in [0.15, 0.2) is 0 Å². The smallest absolute Gasteiger partial charge is 0.211 e. The minimum absolute atomic E-state index is 0.670. The molecular formula is C15H21NO2. The molecular weight excluding hydrogens is 226 g/mol. The van der Waals surface area contributed by atoms with Gasteiger partial charge in [-0.05, 0) is 42.3 Å². The van der Waals surface area contributed by atoms with E-state index in [0.717, 1.165) is 18.1 Å². The van der Waals surface area contributed by atoms with Crippen molar-refractivity contribution in [2.75, 3.05) is 12.4 Å². The molecule has 1 rings (SSSR count). The van der Waals surface area contributed by atoms with Gasteiger partial charge in [-0.15, -0.1) is 0 Å². The lowest BCUT2D eigenvalue weighted by atomic mass is 10.1. The van der Waals surface area contributed by atoms with Crippen molar-refractivity contribution in [1.82, 2.24) is 0 Å². The molecule has 1 aromatic rings. The molecule has 3 nitrogen and oxygen atoms in total. The van der Waals surface area contributed by atoms with E-state index < -0.39 is 0 Å². The van der Waals surface area contributed by atoms with Crippen molar-refractivity contribution >= 4 is 23.7 Å². The van der Waals surface area contributed by atoms with E-state index in [4.69, 9.17) is 4.74 Å². The van der Waals surface area contributed by atoms with E-state index in [0.29, 0.717) is 17.8 Å². The summed E-state index contributed by atoms with van der Waals surface area (Å²) in [6.45, 7) is 6.35. The molecule has 0 saturated carbocycles. The zero-order valence-electron chi connectivity index (χ0n) is 11.5. The quantitative estimate of drug-likeness (QED) is 0.809. The second-order valence-electron chi connectivity index (χ2n) is 4.15. The molecule has 0 aliphatic carbocycles. The van der Waals surface area contributed by atoms with E-state index in [1.54, 1.807) is 7.11 Å². The van der Waals surface area contributed by atoms with E-state index in [9.17, 15) is 4.79 Å². The number of hydrogen-bond donors (Lipinski definition) is 1. The maximum Gasteiger partial charge on any atom is 0.211 e. The number of methoxy groups -OCH3 is 1. The number of carbonyl (C=O) groups excluding carboxylic acids is 1. The molecule has 0 atom stereocenters. The Hall–Kier alpha value is -1.77. The van der Waals surface area contributed by atoms with Crippen molar-refractivity contribution in [3.8, 4) is 5.75 Å². The van der Waals surface area contributed by atoms with Gasteiger partial charge in [0.05, 0.1) is 12.8 Å². The number of carbonyl (C=O) groups is 1. The van der Waals surface area contributed by atoms with Crippen molar-refractivity contribution < 1.29 is 9.53 Å². The highest BCUT2D eigenvalue weighted by Crippen LogP contribution is 2.19. The molecule has 3 heteroatoms. The Bertz CT molecular complexity index is 532. The lowest BCUT2D eigenvalue weighted by Crippen LogP contribution is -2.27. The number of hydrogen-bond acceptors (Lipinski definition) is 2. The predicted molar refractivity (Wildman–Crippen MR) is 76.1 cm³/mol. The molecule has 98 valence electrons. The van der Waals surface area contributed by atoms with Crippen molar-refractivity contribution in [1.29, 1.82) is 0 Å². The maximum atomic E-state index is 10.6. The molecule has 0 heterocycles. The van der Waals surface area contributed by atoms with Gasteiger partial charge in [-0.3, -0.25) is 4.79 Å². The Morgan fingerprint density at radius 3 is 2.61 bits per heavy atom. The van der Waals surface area contributed by atoms with Gasteiger partial charge >= 0.3 is 0 Å². The van der Waals surface area contributed by atoms with Crippen LogP contribution in [0.4, 0.5) is 5.69 Å². The predicted octanol–water partition coefficient (Wildman–Crippen LogP) is 2.03. The summed E-state index contributed by atoms with van der Waals surface area (Å²) in [5.41, 5.74) is 2.02. The lowest BCUT2D eigenvalue weighted by Gasteiger charge is -2.09. The van der Waals surface area contributed by atoms with Crippen LogP contribution in [-0.2, 0) is 4.79 Å². The van der Waals surface area contributed by atoms with Crippen LogP contribution < -0.4 is 20.5 Å². The third kappa shape index (κ3) is 3.13. The first-order valence-electron chi connectivity index (χ1n) is 6.26. The fourth-order valence-electron chi connectivity index (χ4n) is 1.89. The third-order valence-electron chi connectivity index (χ3n) is 3.00. The zero-order chi connectivity index (χ0) is 13.5. The highest BCUT2D eigenvalue weighted by molar-refractivity contribution is 5.75. The van der Waals surface area contributed by atoms with Crippen LogP contribution in [0.3, 0.4) is 0 Å². The van der Waals surface area contributed by atoms with Crippen LogP contribution >= 0.6 is 0 Å². The van der Waals surface area contributed by atoms with E-state index >= 15 is 0 Å². The molecule has 0 aromatic heterocycles. The highest BCUT2D eigenvalue weighted by Gasteiger charge is 2.03. The van der Waals surface area contributed by atoms with Crippen LogP contribution in [0.15, 0.2) is 12.1 Å². The SMILES string of the molecule is CC/C=c1\cc(NC=O)c(OC)c\c1=C(\C)CC. The summed E-state index contributed by atoms with van der Waals surface area (Å²) < 4.78 is 5.32. The van der Waals surface area contributed by atoms with Crippen LogP contribution in [0, 0.1) is 0 Å². The fourth-order valence-corrected chi connectivity index (χ4v) is 1.89. The number of ether oxygens (including phenoxy) is 1. The summed E-state index contributed by atoms with van der Waals surface area (Å²) in [7, 11) is 1.61. The molecule has 0 saturated heterocycles. The van der Waals surface area contributed by atoms with Crippen molar-refractivity contribution in [3.63, 3.8) is 0 Å². The Morgan fingerprint density at radius 1 is 1.39 bits per heavy atom. The first-order valence-corrected chi connectivity index (χ1v) is 6.26. The molecule has 1 N–H and O–H groups in total. The average molecular weight is 247 g/mol. The minimum atomic E-state index is 0.670. The second-order valence-corrected chi connectivity index (χ2v) is 4.15. The molecule has 0 aliphatic rings. The van der Waals surface area contributed by atoms with Crippen LogP contribution in [-0.4, -0.2) is 13.5 Å². The van der Waals surface area contributed by atoms with Gasteiger partial charge in [0.25, 0.3) is 0 Å². The summed E-state index contributed by atoms with van der Waals surface area (Å²) >= 11 is 0. The summed E-state index contributed by atoms with van der Waals surface area (Å²) in [5, 5.41) is 5.00. The maximum absolute atomic E-state index is 10.6. The van der Waals surface area contributed by atoms with Crippen LogP contribution in [0.2, 0.25) is 0 Å². The third-order valence-corrected chi connectivity index (χ3v) is 3.00. The van der Waals surface area contributed by atoms with Crippen molar-refractivity contribution in [2.45, 2.75) is 33.6 Å². The largest absolute Gasteiger partial charge is 0.495 e. The number of nitrogens with one attached hydrogen (secondary N) is 1. The highest BCUT2D eigenvalue weighted by atomic mass is 16.5. The first-order chi connectivity index (χ1) is 8.67. The lowest BCUT2D eigenvalue weighted by molar-refractivity contribution is -0.105. The molecule has 0 bridgehead atoms. The monoisotopic (exact) mass is 247 g/mol. The van der Waals surface area contributed by atoms with Gasteiger partial charge in [-0.25, -0.2) is 0 Å². The van der Waals surface area contributed by atoms with E-state index in [1.807, 2.05) is 12.1 Å². The minimum Gasteiger partial charge on any atom is -0.495 e. The molecule has 0 aliphatic heterocycles. The van der Waals surface area contributed by atoms with Gasteiger partial charge in [-0.1, -0.05) is 25.5 Å². The first kappa shape index (κ1) is 14.3. The van der Waals surface area contributed by atoms with Gasteiger partial charge < -0.3 is 10.1 Å². The molecule has 0 fully saturated rings. The van der Waals surface area contributed by atoms with E-state index in [1.165, 1.54) is 10.8 Å². The molecule has 0 unspecified atom stereocenters. The second kappa shape index (κ2) is 6.84. The number of rotatable bonds is 5. The Morgan fingerprint density at radius 2 is 2.11 bits per heavy atom. The number of anilines is 1.